The normalized spacial score (nSPS) is 12.7. The molecular weight excluding hydrogens is 1500 g/mol. The number of carbonyl (C=O) groups is 2. The van der Waals surface area contributed by atoms with Crippen LogP contribution < -0.4 is 48.6 Å². The number of nitrogens with two attached hydrogens (primary N) is 1. The fraction of sp³-hybridized carbons (Fsp3) is 0.167. The Morgan fingerprint density at radius 3 is 1.67 bits per heavy atom. The molecule has 0 radical (unpaired) electrons. The number of nitrogens with zero attached hydrogens (tertiary/aromatic N) is 2. The fourth-order valence-electron chi connectivity index (χ4n) is 3.83. The summed E-state index contributed by atoms with van der Waals surface area (Å²) >= 11 is 31.2. The molecule has 0 aliphatic carbocycles. The van der Waals surface area contributed by atoms with Gasteiger partial charge in [0.1, 0.15) is 10.3 Å². The Bertz CT molecular complexity index is 1910. The molecule has 4 N–H and O–H groups in total. The largest absolute Gasteiger partial charge is 0.586 e. The third-order valence-corrected chi connectivity index (χ3v) is 6.45. The van der Waals surface area contributed by atoms with Gasteiger partial charge in [0, 0.05) is 83.3 Å². The van der Waals surface area contributed by atoms with Gasteiger partial charge in [-0.15, -0.1) is 41.5 Å². The average Bonchev–Trinajstić information content (AvgIpc) is 3.53. The van der Waals surface area contributed by atoms with Crippen LogP contribution in [0.5, 0.6) is 23.0 Å². The van der Waals surface area contributed by atoms with Gasteiger partial charge in [-0.3, -0.25) is 14.9 Å². The van der Waals surface area contributed by atoms with Crippen molar-refractivity contribution in [3.63, 3.8) is 0 Å². The summed E-state index contributed by atoms with van der Waals surface area (Å²) in [6.45, 7) is 3.44. The Morgan fingerprint density at radius 1 is 0.782 bits per heavy atom. The summed E-state index contributed by atoms with van der Waals surface area (Å²) in [7, 11) is 0. The van der Waals surface area contributed by atoms with Gasteiger partial charge in [0.05, 0.1) is 0 Å². The molecule has 11 nitrogen and oxygen atoms in total. The Hall–Kier alpha value is -0.260. The van der Waals surface area contributed by atoms with Crippen molar-refractivity contribution in [3.8, 4) is 23.0 Å². The summed E-state index contributed by atoms with van der Waals surface area (Å²) in [4.78, 5) is 30.6. The molecule has 2 aromatic heterocycles. The molecule has 2 aromatic carbocycles. The minimum atomic E-state index is -3.70. The molecular formula is C30H25Cl3F4I6N5O6S-. The molecule has 0 unspecified atom stereocenters. The number of rotatable bonds is 3. The van der Waals surface area contributed by atoms with Crippen LogP contribution in [0, 0.1) is 13.8 Å². The number of pyridine rings is 2. The number of ether oxygens (including phenoxy) is 4. The van der Waals surface area contributed by atoms with Crippen molar-refractivity contribution in [2.45, 2.75) is 33.9 Å². The Labute approximate surface area is 403 Å². The zero-order valence-electron chi connectivity index (χ0n) is 26.5. The molecule has 6 rings (SSSR count). The van der Waals surface area contributed by atoms with Crippen LogP contribution in [0.15, 0.2) is 60.7 Å². The van der Waals surface area contributed by atoms with Crippen LogP contribution in [0.25, 0.3) is 0 Å². The smallest absolute Gasteiger partial charge is 0.399 e. The van der Waals surface area contributed by atoms with E-state index in [2.05, 4.69) is 114 Å². The van der Waals surface area contributed by atoms with E-state index in [9.17, 15) is 27.2 Å². The standard InChI is InChI=1S/C15H10ClF2N3O3S.C7H5Cl2NO.C7H5F2NO2.CH4.I3.I2.HI/c1-7-4-8(5-12(16)19-7)13(22)21-14(25)20-9-2-3-10-11(6-9)24-15(17,18)23-10;1-4-2-5(7(9)11)3-6(8)10-4;8-7(9)11-5-2-1-4(10)3-6(5)12-7;;1-3-2;1-2;/h2-6H,1H3,(H2,20,21,22,25);2-3H,1H3;1-3H,10H2;1H4;;;1H/q;;;;-1;;. The SMILES string of the molecule is C.Cc1cc(C(=O)Cl)cc(Cl)n1.Cc1cc(C(=O)NC(=S)Nc2ccc3c(c2)OC(F)(F)O3)cc(Cl)n1.I.II.I[I-]I.Nc1ccc2c(c1)OC(F)(F)O2. The number of benzene rings is 2. The van der Waals surface area contributed by atoms with Gasteiger partial charge in [0.2, 0.25) is 0 Å². The van der Waals surface area contributed by atoms with Crippen LogP contribution in [0.4, 0.5) is 28.9 Å². The molecule has 25 heteroatoms. The zero-order valence-corrected chi connectivity index (χ0v) is 42.7. The van der Waals surface area contributed by atoms with Crippen LogP contribution in [-0.2, 0) is 0 Å². The van der Waals surface area contributed by atoms with Crippen LogP contribution in [-0.4, -0.2) is 38.8 Å². The van der Waals surface area contributed by atoms with Crippen molar-refractivity contribution in [1.82, 2.24) is 15.3 Å². The van der Waals surface area contributed by atoms with Gasteiger partial charge in [-0.05, 0) is 86.2 Å². The van der Waals surface area contributed by atoms with E-state index in [4.69, 9.17) is 52.8 Å². The van der Waals surface area contributed by atoms with Crippen LogP contribution in [0.2, 0.25) is 10.3 Å². The minimum absolute atomic E-state index is 0. The number of amides is 1. The first-order valence-corrected chi connectivity index (χ1v) is 33.9. The molecule has 1 amide bonds. The number of hydrogen-bond donors (Lipinski definition) is 3. The van der Waals surface area contributed by atoms with Crippen LogP contribution in [0.3, 0.4) is 0 Å². The summed E-state index contributed by atoms with van der Waals surface area (Å²) < 4.78 is 67.7. The number of anilines is 2. The fourth-order valence-corrected chi connectivity index (χ4v) is 4.65. The maximum absolute atomic E-state index is 13.0. The summed E-state index contributed by atoms with van der Waals surface area (Å²) in [6, 6.07) is 14.1. The molecule has 0 bridgehead atoms. The maximum atomic E-state index is 13.0. The van der Waals surface area contributed by atoms with Gasteiger partial charge in [0.25, 0.3) is 11.1 Å². The third kappa shape index (κ3) is 19.6. The molecule has 0 spiro atoms. The second-order valence-corrected chi connectivity index (χ2v) is 27.3. The predicted octanol–water partition coefficient (Wildman–Crippen LogP) is 9.31. The van der Waals surface area contributed by atoms with E-state index in [1.807, 2.05) is 0 Å². The van der Waals surface area contributed by atoms with E-state index in [1.165, 1.54) is 48.5 Å². The summed E-state index contributed by atoms with van der Waals surface area (Å²) in [5.41, 5.74) is 7.96. The number of halogens is 13. The van der Waals surface area contributed by atoms with Crippen molar-refractivity contribution in [2.75, 3.05) is 11.1 Å². The van der Waals surface area contributed by atoms with Gasteiger partial charge in [-0.2, -0.15) is 0 Å². The number of alkyl halides is 4. The van der Waals surface area contributed by atoms with E-state index in [1.54, 1.807) is 26.0 Å². The van der Waals surface area contributed by atoms with Crippen molar-refractivity contribution >= 4 is 173 Å². The van der Waals surface area contributed by atoms with Crippen LogP contribution in [0.1, 0.15) is 39.5 Å². The predicted molar refractivity (Wildman–Crippen MR) is 250 cm³/mol. The molecule has 4 heterocycles. The first kappa shape index (κ1) is 54.7. The molecule has 0 atom stereocenters. The van der Waals surface area contributed by atoms with Crippen molar-refractivity contribution < 1.29 is 59.4 Å². The maximum Gasteiger partial charge on any atom is 0.586 e. The Kier molecular flexibility index (Phi) is 25.9. The number of nitrogens with one attached hydrogen (secondary N) is 2. The molecule has 304 valence electrons. The summed E-state index contributed by atoms with van der Waals surface area (Å²) in [5.74, 6) is -0.737. The number of hydrogen-bond acceptors (Lipinski definition) is 10. The van der Waals surface area contributed by atoms with Crippen molar-refractivity contribution in [2.24, 2.45) is 0 Å². The first-order chi connectivity index (χ1) is 24.8. The van der Waals surface area contributed by atoms with Crippen molar-refractivity contribution in [1.29, 1.82) is 0 Å². The molecule has 0 saturated carbocycles. The zero-order chi connectivity index (χ0) is 40.1. The molecule has 2 aliphatic heterocycles. The second kappa shape index (κ2) is 26.1. The number of aromatic nitrogens is 2. The molecule has 55 heavy (non-hydrogen) atoms. The van der Waals surface area contributed by atoms with Crippen molar-refractivity contribution in [3.05, 3.63) is 93.5 Å². The number of nitrogen functional groups attached to an aromatic ring is 1. The third-order valence-electron chi connectivity index (χ3n) is 5.64. The Morgan fingerprint density at radius 2 is 1.20 bits per heavy atom. The van der Waals surface area contributed by atoms with Gasteiger partial charge < -0.3 is 30.0 Å². The topological polar surface area (TPSA) is 147 Å². The molecule has 4 aromatic rings. The molecule has 0 fully saturated rings. The number of aryl methyl sites for hydroxylation is 2. The number of thiocarbonyl (C=S) groups is 1. The quantitative estimate of drug-likeness (QED) is 0.0451. The van der Waals surface area contributed by atoms with E-state index in [-0.39, 0.29) is 75.4 Å². The summed E-state index contributed by atoms with van der Waals surface area (Å²) in [5, 5.41) is 5.08. The minimum Gasteiger partial charge on any atom is -0.399 e. The van der Waals surface area contributed by atoms with E-state index in [0.29, 0.717) is 41.6 Å². The summed E-state index contributed by atoms with van der Waals surface area (Å²) in [6.07, 6.45) is -7.26. The molecule has 0 saturated heterocycles. The molecule has 2 aliphatic rings. The number of carbonyl (C=O) groups excluding carboxylic acids is 2. The van der Waals surface area contributed by atoms with Gasteiger partial charge in [-0.1, -0.05) is 30.6 Å². The van der Waals surface area contributed by atoms with E-state index in [0.717, 1.165) is 0 Å². The number of fused-ring (bicyclic) bond motifs is 2. The van der Waals surface area contributed by atoms with Gasteiger partial charge >= 0.3 is 63.1 Å². The first-order valence-electron chi connectivity index (χ1n) is 13.5. The van der Waals surface area contributed by atoms with Gasteiger partial charge in [-0.25, -0.2) is 9.97 Å². The van der Waals surface area contributed by atoms with E-state index >= 15 is 0 Å². The monoisotopic (exact) mass is 1530 g/mol. The van der Waals surface area contributed by atoms with Gasteiger partial charge in [0.15, 0.2) is 28.1 Å². The average molecular weight is 1530 g/mol. The van der Waals surface area contributed by atoms with E-state index < -0.39 is 23.7 Å². The van der Waals surface area contributed by atoms with Crippen LogP contribution >= 0.6 is 145 Å². The second-order valence-electron chi connectivity index (χ2n) is 9.58. The Balaban J connectivity index is 0.000000815.